The van der Waals surface area contributed by atoms with Crippen LogP contribution in [0, 0.1) is 5.92 Å². The number of rotatable bonds is 9. The van der Waals surface area contributed by atoms with E-state index < -0.39 is 24.9 Å². The molecule has 2 amide bonds. The molecule has 9 nitrogen and oxygen atoms in total. The van der Waals surface area contributed by atoms with Gasteiger partial charge in [-0.3, -0.25) is 9.59 Å². The van der Waals surface area contributed by atoms with Crippen LogP contribution in [0.25, 0.3) is 11.2 Å². The highest BCUT2D eigenvalue weighted by Crippen LogP contribution is 2.28. The van der Waals surface area contributed by atoms with Crippen LogP contribution in [0.5, 0.6) is 0 Å². The van der Waals surface area contributed by atoms with Crippen molar-refractivity contribution < 1.29 is 22.8 Å². The molecule has 0 aliphatic carbocycles. The third kappa shape index (κ3) is 7.67. The molecule has 2 aliphatic heterocycles. The number of aromatic nitrogens is 3. The summed E-state index contributed by atoms with van der Waals surface area (Å²) in [5, 5.41) is 10.7. The molecule has 224 valence electrons. The second kappa shape index (κ2) is 12.9. The number of hydrogen-bond acceptors (Lipinski definition) is 6. The number of pyridine rings is 1. The van der Waals surface area contributed by atoms with Crippen LogP contribution in [0.15, 0.2) is 48.7 Å². The summed E-state index contributed by atoms with van der Waals surface area (Å²) in [6.45, 7) is 6.51. The van der Waals surface area contributed by atoms with E-state index in [4.69, 9.17) is 0 Å². The van der Waals surface area contributed by atoms with E-state index in [1.807, 2.05) is 30.3 Å². The van der Waals surface area contributed by atoms with Crippen molar-refractivity contribution in [2.75, 3.05) is 44.6 Å². The summed E-state index contributed by atoms with van der Waals surface area (Å²) in [6.07, 6.45) is 0.648. The summed E-state index contributed by atoms with van der Waals surface area (Å²) in [7, 11) is 0. The second-order valence-electron chi connectivity index (χ2n) is 11.1. The third-order valence-corrected chi connectivity index (χ3v) is 7.75. The molecule has 5 rings (SSSR count). The molecule has 0 bridgehead atoms. The number of benzene rings is 1. The molecule has 3 aromatic rings. The van der Waals surface area contributed by atoms with Crippen molar-refractivity contribution in [3.8, 4) is 0 Å². The molecule has 2 aromatic heterocycles. The van der Waals surface area contributed by atoms with Crippen LogP contribution in [0.3, 0.4) is 0 Å². The average molecular weight is 584 g/mol. The van der Waals surface area contributed by atoms with Crippen molar-refractivity contribution >= 4 is 34.7 Å². The first kappa shape index (κ1) is 29.6. The number of likely N-dealkylation sites (tertiary alicyclic amines) is 1. The van der Waals surface area contributed by atoms with Gasteiger partial charge in [-0.1, -0.05) is 13.0 Å². The van der Waals surface area contributed by atoms with Crippen LogP contribution < -0.4 is 10.6 Å². The summed E-state index contributed by atoms with van der Waals surface area (Å²) in [6, 6.07) is 10.9. The molecule has 1 unspecified atom stereocenters. The van der Waals surface area contributed by atoms with Gasteiger partial charge in [0.05, 0.1) is 6.42 Å². The van der Waals surface area contributed by atoms with Gasteiger partial charge in [0.15, 0.2) is 5.65 Å². The topological polar surface area (TPSA) is 94.9 Å². The summed E-state index contributed by atoms with van der Waals surface area (Å²) >= 11 is 0. The van der Waals surface area contributed by atoms with Crippen molar-refractivity contribution in [2.45, 2.75) is 45.2 Å². The number of hydrogen-bond donors (Lipinski definition) is 2. The van der Waals surface area contributed by atoms with Gasteiger partial charge < -0.3 is 20.4 Å². The van der Waals surface area contributed by atoms with Crippen molar-refractivity contribution in [1.29, 1.82) is 0 Å². The zero-order chi connectivity index (χ0) is 29.7. The molecule has 0 spiro atoms. The van der Waals surface area contributed by atoms with E-state index in [0.717, 1.165) is 36.5 Å². The number of carbonyl (C=O) groups is 2. The van der Waals surface area contributed by atoms with E-state index in [1.165, 1.54) is 17.7 Å². The number of anilines is 2. The molecule has 1 saturated heterocycles. The maximum Gasteiger partial charge on any atom is 0.389 e. The van der Waals surface area contributed by atoms with E-state index in [-0.39, 0.29) is 12.5 Å². The Morgan fingerprint density at radius 3 is 2.64 bits per heavy atom. The maximum atomic E-state index is 12.6. The highest BCUT2D eigenvalue weighted by atomic mass is 19.4. The van der Waals surface area contributed by atoms with Crippen LogP contribution in [0.2, 0.25) is 0 Å². The van der Waals surface area contributed by atoms with Gasteiger partial charge in [0.1, 0.15) is 0 Å². The Bertz CT molecular complexity index is 1430. The van der Waals surface area contributed by atoms with Crippen LogP contribution in [0.4, 0.5) is 24.8 Å². The number of amides is 2. The average Bonchev–Trinajstić information content (AvgIpc) is 3.38. The molecular weight excluding hydrogens is 547 g/mol. The minimum atomic E-state index is -4.34. The van der Waals surface area contributed by atoms with E-state index in [1.54, 1.807) is 22.8 Å². The van der Waals surface area contributed by atoms with Crippen LogP contribution in [-0.4, -0.2) is 81.7 Å². The highest BCUT2D eigenvalue weighted by Gasteiger charge is 2.29. The lowest BCUT2D eigenvalue weighted by molar-refractivity contribution is -0.148. The molecule has 2 N–H and O–H groups in total. The molecule has 2 aliphatic rings. The monoisotopic (exact) mass is 583 g/mol. The van der Waals surface area contributed by atoms with Crippen LogP contribution >= 0.6 is 0 Å². The Morgan fingerprint density at radius 2 is 1.93 bits per heavy atom. The van der Waals surface area contributed by atoms with Crippen molar-refractivity contribution in [3.63, 3.8) is 0 Å². The lowest BCUT2D eigenvalue weighted by Crippen LogP contribution is -2.40. The molecule has 42 heavy (non-hydrogen) atoms. The number of fused-ring (bicyclic) bond motifs is 1. The third-order valence-electron chi connectivity index (χ3n) is 7.75. The van der Waals surface area contributed by atoms with E-state index in [2.05, 4.69) is 32.5 Å². The zero-order valence-corrected chi connectivity index (χ0v) is 23.7. The fourth-order valence-corrected chi connectivity index (χ4v) is 5.51. The number of halogens is 3. The predicted molar refractivity (Wildman–Crippen MR) is 154 cm³/mol. The maximum absolute atomic E-state index is 12.6. The van der Waals surface area contributed by atoms with Gasteiger partial charge in [-0.05, 0) is 73.7 Å². The number of carbonyl (C=O) groups excluding carboxylic acids is 2. The number of alkyl halides is 3. The van der Waals surface area contributed by atoms with Gasteiger partial charge in [0.2, 0.25) is 11.9 Å². The molecule has 1 aromatic carbocycles. The van der Waals surface area contributed by atoms with Gasteiger partial charge in [-0.25, -0.2) is 4.52 Å². The van der Waals surface area contributed by atoms with Crippen molar-refractivity contribution in [1.82, 2.24) is 29.7 Å². The Morgan fingerprint density at radius 1 is 1.12 bits per heavy atom. The second-order valence-corrected chi connectivity index (χ2v) is 11.1. The first-order valence-electron chi connectivity index (χ1n) is 14.4. The number of piperidine rings is 1. The van der Waals surface area contributed by atoms with Gasteiger partial charge in [0, 0.05) is 62.2 Å². The first-order valence-corrected chi connectivity index (χ1v) is 14.4. The Hall–Kier alpha value is -3.93. The first-order chi connectivity index (χ1) is 20.1. The van der Waals surface area contributed by atoms with Gasteiger partial charge in [-0.15, -0.1) is 5.10 Å². The Labute approximate surface area is 242 Å². The lowest BCUT2D eigenvalue weighted by Gasteiger charge is -2.30. The normalized spacial score (nSPS) is 18.1. The number of nitrogens with zero attached hydrogens (tertiary/aromatic N) is 5. The van der Waals surface area contributed by atoms with Crippen molar-refractivity contribution in [3.05, 3.63) is 59.8 Å². The van der Waals surface area contributed by atoms with Gasteiger partial charge >= 0.3 is 6.18 Å². The lowest BCUT2D eigenvalue weighted by atomic mass is 10.00. The summed E-state index contributed by atoms with van der Waals surface area (Å²) < 4.78 is 39.1. The highest BCUT2D eigenvalue weighted by molar-refractivity contribution is 5.94. The van der Waals surface area contributed by atoms with Crippen LogP contribution in [-0.2, 0) is 4.79 Å². The zero-order valence-electron chi connectivity index (χ0n) is 23.7. The molecule has 1 fully saturated rings. The summed E-state index contributed by atoms with van der Waals surface area (Å²) in [5.74, 6) is 0.488. The SMILES string of the molecule is CC1CCCN(CCNC(=O)c2ccc(Nc3nc4c(C5=CCN(C(=O)CCC(F)(F)F)CC5)cccn4n3)cc2)C1. The van der Waals surface area contributed by atoms with Gasteiger partial charge in [-0.2, -0.15) is 18.2 Å². The van der Waals surface area contributed by atoms with Gasteiger partial charge in [0.25, 0.3) is 5.91 Å². The molecule has 0 radical (unpaired) electrons. The number of nitrogens with one attached hydrogen (secondary N) is 2. The smallest absolute Gasteiger partial charge is 0.351 e. The van der Waals surface area contributed by atoms with E-state index in [9.17, 15) is 22.8 Å². The molecule has 12 heteroatoms. The van der Waals surface area contributed by atoms with E-state index in [0.29, 0.717) is 42.6 Å². The van der Waals surface area contributed by atoms with E-state index >= 15 is 0 Å². The molecular formula is C30H36F3N7O2. The predicted octanol–water partition coefficient (Wildman–Crippen LogP) is 4.89. The van der Waals surface area contributed by atoms with Crippen LogP contribution in [0.1, 0.15) is 54.9 Å². The largest absolute Gasteiger partial charge is 0.389 e. The quantitative estimate of drug-likeness (QED) is 0.373. The fourth-order valence-electron chi connectivity index (χ4n) is 5.51. The fraction of sp³-hybridized carbons (Fsp3) is 0.467. The molecule has 0 saturated carbocycles. The minimum Gasteiger partial charge on any atom is -0.351 e. The molecule has 1 atom stereocenters. The minimum absolute atomic E-state index is 0.108. The van der Waals surface area contributed by atoms with Crippen molar-refractivity contribution in [2.24, 2.45) is 5.92 Å². The standard InChI is InChI=1S/C30H36F3N7O2/c1-21-4-2-15-38(20-21)19-14-34-28(42)23-6-8-24(9-7-23)35-29-36-27-25(5-3-16-40(27)37-29)22-11-17-39(18-12-22)26(41)10-13-30(31,32)33/h3,5-9,11,16,21H,2,4,10,12-15,17-20H2,1H3,(H,34,42)(H,35,37). The summed E-state index contributed by atoms with van der Waals surface area (Å²) in [5.41, 5.74) is 3.75. The Balaban J connectivity index is 1.17. The molecule has 4 heterocycles. The summed E-state index contributed by atoms with van der Waals surface area (Å²) in [4.78, 5) is 33.3. The Kier molecular flexibility index (Phi) is 9.10.